The summed E-state index contributed by atoms with van der Waals surface area (Å²) < 4.78 is 1.77. The molecule has 0 amide bonds. The topological polar surface area (TPSA) is 76.1 Å². The minimum Gasteiger partial charge on any atom is -0.394 e. The SMILES string of the molecule is CCCc1nn(C)c(NCC2(O)CCC2)c1N. The fraction of sp³-hybridized carbons (Fsp3) is 0.750. The van der Waals surface area contributed by atoms with Crippen LogP contribution in [0.25, 0.3) is 0 Å². The average molecular weight is 238 g/mol. The summed E-state index contributed by atoms with van der Waals surface area (Å²) >= 11 is 0. The molecule has 5 heteroatoms. The number of hydrogen-bond acceptors (Lipinski definition) is 4. The molecule has 1 heterocycles. The second-order valence-electron chi connectivity index (χ2n) is 5.01. The number of nitrogen functional groups attached to an aromatic ring is 1. The molecular formula is C12H22N4O. The Morgan fingerprint density at radius 3 is 2.76 bits per heavy atom. The molecule has 96 valence electrons. The van der Waals surface area contributed by atoms with Crippen LogP contribution in [0.5, 0.6) is 0 Å². The molecule has 1 aliphatic carbocycles. The average Bonchev–Trinajstić information content (AvgIpc) is 2.50. The van der Waals surface area contributed by atoms with Crippen molar-refractivity contribution >= 4 is 11.5 Å². The van der Waals surface area contributed by atoms with Gasteiger partial charge in [0.25, 0.3) is 0 Å². The number of aliphatic hydroxyl groups is 1. The first kappa shape index (κ1) is 12.2. The molecule has 5 nitrogen and oxygen atoms in total. The molecule has 0 spiro atoms. The van der Waals surface area contributed by atoms with E-state index in [1.807, 2.05) is 7.05 Å². The van der Waals surface area contributed by atoms with E-state index in [1.165, 1.54) is 0 Å². The summed E-state index contributed by atoms with van der Waals surface area (Å²) in [7, 11) is 1.88. The van der Waals surface area contributed by atoms with Crippen molar-refractivity contribution in [1.82, 2.24) is 9.78 Å². The fourth-order valence-corrected chi connectivity index (χ4v) is 2.24. The van der Waals surface area contributed by atoms with E-state index in [0.29, 0.717) is 6.54 Å². The maximum atomic E-state index is 10.0. The van der Waals surface area contributed by atoms with E-state index in [4.69, 9.17) is 5.73 Å². The van der Waals surface area contributed by atoms with Crippen LogP contribution in [-0.2, 0) is 13.5 Å². The Bertz CT molecular complexity index is 395. The van der Waals surface area contributed by atoms with E-state index in [-0.39, 0.29) is 0 Å². The number of nitrogens with one attached hydrogen (secondary N) is 1. The zero-order valence-electron chi connectivity index (χ0n) is 10.7. The molecule has 17 heavy (non-hydrogen) atoms. The largest absolute Gasteiger partial charge is 0.394 e. The van der Waals surface area contributed by atoms with Crippen molar-refractivity contribution in [2.24, 2.45) is 7.05 Å². The van der Waals surface area contributed by atoms with Crippen LogP contribution in [0.1, 0.15) is 38.3 Å². The van der Waals surface area contributed by atoms with Crippen molar-refractivity contribution < 1.29 is 5.11 Å². The van der Waals surface area contributed by atoms with Crippen molar-refractivity contribution in [3.8, 4) is 0 Å². The predicted molar refractivity (Wildman–Crippen MR) is 68.9 cm³/mol. The molecule has 1 saturated carbocycles. The molecule has 1 aromatic rings. The first-order valence-corrected chi connectivity index (χ1v) is 6.33. The Balaban J connectivity index is 2.04. The number of nitrogens with zero attached hydrogens (tertiary/aromatic N) is 2. The van der Waals surface area contributed by atoms with Gasteiger partial charge in [-0.15, -0.1) is 0 Å². The molecule has 0 radical (unpaired) electrons. The molecule has 1 aromatic heterocycles. The zero-order chi connectivity index (χ0) is 12.5. The first-order valence-electron chi connectivity index (χ1n) is 6.33. The lowest BCUT2D eigenvalue weighted by Gasteiger charge is -2.36. The van der Waals surface area contributed by atoms with Gasteiger partial charge in [-0.1, -0.05) is 13.3 Å². The van der Waals surface area contributed by atoms with E-state index in [1.54, 1.807) is 4.68 Å². The van der Waals surface area contributed by atoms with Gasteiger partial charge in [0.05, 0.1) is 17.0 Å². The Kier molecular flexibility index (Phi) is 3.28. The maximum Gasteiger partial charge on any atom is 0.147 e. The highest BCUT2D eigenvalue weighted by atomic mass is 16.3. The van der Waals surface area contributed by atoms with Crippen molar-refractivity contribution in [2.75, 3.05) is 17.6 Å². The summed E-state index contributed by atoms with van der Waals surface area (Å²) in [4.78, 5) is 0. The highest BCUT2D eigenvalue weighted by Crippen LogP contribution is 2.32. The number of rotatable bonds is 5. The van der Waals surface area contributed by atoms with Crippen LogP contribution in [0, 0.1) is 0 Å². The Hall–Kier alpha value is -1.23. The zero-order valence-corrected chi connectivity index (χ0v) is 10.7. The third-order valence-corrected chi connectivity index (χ3v) is 3.52. The summed E-state index contributed by atoms with van der Waals surface area (Å²) in [6.07, 6.45) is 4.79. The van der Waals surface area contributed by atoms with Crippen LogP contribution < -0.4 is 11.1 Å². The van der Waals surface area contributed by atoms with Crippen LogP contribution in [-0.4, -0.2) is 27.0 Å². The normalized spacial score (nSPS) is 17.8. The van der Waals surface area contributed by atoms with E-state index in [9.17, 15) is 5.11 Å². The van der Waals surface area contributed by atoms with Crippen LogP contribution in [0.15, 0.2) is 0 Å². The number of anilines is 2. The van der Waals surface area contributed by atoms with Crippen LogP contribution >= 0.6 is 0 Å². The van der Waals surface area contributed by atoms with Crippen molar-refractivity contribution in [2.45, 2.75) is 44.6 Å². The number of hydrogen-bond donors (Lipinski definition) is 3. The lowest BCUT2D eigenvalue weighted by molar-refractivity contribution is -0.0202. The number of aryl methyl sites for hydroxylation is 2. The monoisotopic (exact) mass is 238 g/mol. The summed E-state index contributed by atoms with van der Waals surface area (Å²) in [5.41, 5.74) is 7.17. The Morgan fingerprint density at radius 2 is 2.24 bits per heavy atom. The minimum atomic E-state index is -0.540. The van der Waals surface area contributed by atoms with E-state index in [2.05, 4.69) is 17.3 Å². The molecule has 1 fully saturated rings. The van der Waals surface area contributed by atoms with E-state index < -0.39 is 5.60 Å². The molecule has 0 unspecified atom stereocenters. The third kappa shape index (κ3) is 2.39. The summed E-state index contributed by atoms with van der Waals surface area (Å²) in [5, 5.41) is 17.7. The van der Waals surface area contributed by atoms with Gasteiger partial charge in [0.15, 0.2) is 0 Å². The molecule has 4 N–H and O–H groups in total. The molecular weight excluding hydrogens is 216 g/mol. The lowest BCUT2D eigenvalue weighted by atomic mass is 9.80. The smallest absolute Gasteiger partial charge is 0.147 e. The van der Waals surface area contributed by atoms with Gasteiger partial charge < -0.3 is 16.2 Å². The van der Waals surface area contributed by atoms with Gasteiger partial charge in [0.2, 0.25) is 0 Å². The second kappa shape index (κ2) is 4.56. The molecule has 1 aliphatic rings. The lowest BCUT2D eigenvalue weighted by Crippen LogP contribution is -2.43. The molecule has 0 aliphatic heterocycles. The van der Waals surface area contributed by atoms with Crippen LogP contribution in [0.3, 0.4) is 0 Å². The standard InChI is InChI=1S/C12H22N4O/c1-3-5-9-10(13)11(16(2)15-9)14-8-12(17)6-4-7-12/h14,17H,3-8,13H2,1-2H3. The van der Waals surface area contributed by atoms with Crippen LogP contribution in [0.2, 0.25) is 0 Å². The van der Waals surface area contributed by atoms with Crippen molar-refractivity contribution in [1.29, 1.82) is 0 Å². The summed E-state index contributed by atoms with van der Waals surface area (Å²) in [6.45, 7) is 2.67. The molecule has 0 bridgehead atoms. The van der Waals surface area contributed by atoms with Gasteiger partial charge in [-0.25, -0.2) is 0 Å². The van der Waals surface area contributed by atoms with Crippen molar-refractivity contribution in [3.63, 3.8) is 0 Å². The molecule has 0 saturated heterocycles. The highest BCUT2D eigenvalue weighted by Gasteiger charge is 2.34. The molecule has 2 rings (SSSR count). The highest BCUT2D eigenvalue weighted by molar-refractivity contribution is 5.65. The van der Waals surface area contributed by atoms with Gasteiger partial charge in [0.1, 0.15) is 5.82 Å². The minimum absolute atomic E-state index is 0.540. The Morgan fingerprint density at radius 1 is 1.53 bits per heavy atom. The van der Waals surface area contributed by atoms with Gasteiger partial charge in [-0.05, 0) is 25.7 Å². The quantitative estimate of drug-likeness (QED) is 0.722. The van der Waals surface area contributed by atoms with E-state index in [0.717, 1.165) is 49.3 Å². The van der Waals surface area contributed by atoms with Crippen molar-refractivity contribution in [3.05, 3.63) is 5.69 Å². The predicted octanol–water partition coefficient (Wildman–Crippen LogP) is 1.28. The van der Waals surface area contributed by atoms with Gasteiger partial charge in [-0.3, -0.25) is 4.68 Å². The third-order valence-electron chi connectivity index (χ3n) is 3.52. The maximum absolute atomic E-state index is 10.0. The van der Waals surface area contributed by atoms with Gasteiger partial charge in [-0.2, -0.15) is 5.10 Å². The molecule has 0 atom stereocenters. The molecule has 0 aromatic carbocycles. The fourth-order valence-electron chi connectivity index (χ4n) is 2.24. The first-order chi connectivity index (χ1) is 8.06. The van der Waals surface area contributed by atoms with E-state index >= 15 is 0 Å². The number of aromatic nitrogens is 2. The van der Waals surface area contributed by atoms with Gasteiger partial charge >= 0.3 is 0 Å². The number of nitrogens with two attached hydrogens (primary N) is 1. The Labute approximate surface area is 102 Å². The van der Waals surface area contributed by atoms with Crippen LogP contribution in [0.4, 0.5) is 11.5 Å². The second-order valence-corrected chi connectivity index (χ2v) is 5.01. The van der Waals surface area contributed by atoms with Gasteiger partial charge in [0, 0.05) is 13.6 Å². The summed E-state index contributed by atoms with van der Waals surface area (Å²) in [5.74, 6) is 0.828. The summed E-state index contributed by atoms with van der Waals surface area (Å²) in [6, 6.07) is 0.